The SMILES string of the molecule is O=C(Cn1c(=O)n(CCc2ccccc2)c(=O)c2ccccc21)NCc1ccc(F)c(Cl)c1. The van der Waals surface area contributed by atoms with E-state index in [2.05, 4.69) is 5.32 Å². The Bertz CT molecular complexity index is 1430. The average molecular weight is 466 g/mol. The van der Waals surface area contributed by atoms with E-state index in [0.717, 1.165) is 5.56 Å². The molecular weight excluding hydrogens is 445 g/mol. The van der Waals surface area contributed by atoms with Gasteiger partial charge in [-0.1, -0.05) is 60.1 Å². The second-order valence-corrected chi connectivity index (χ2v) is 8.01. The Hall–Kier alpha value is -3.71. The van der Waals surface area contributed by atoms with Crippen LogP contribution in [0.4, 0.5) is 4.39 Å². The molecule has 4 rings (SSSR count). The van der Waals surface area contributed by atoms with Gasteiger partial charge in [0.25, 0.3) is 5.56 Å². The highest BCUT2D eigenvalue weighted by Gasteiger charge is 2.15. The first-order chi connectivity index (χ1) is 15.9. The zero-order valence-corrected chi connectivity index (χ0v) is 18.4. The van der Waals surface area contributed by atoms with E-state index in [-0.39, 0.29) is 30.2 Å². The van der Waals surface area contributed by atoms with Crippen molar-refractivity contribution in [2.75, 3.05) is 0 Å². The van der Waals surface area contributed by atoms with Crippen molar-refractivity contribution >= 4 is 28.4 Å². The topological polar surface area (TPSA) is 73.1 Å². The molecule has 0 radical (unpaired) electrons. The Morgan fingerprint density at radius 2 is 1.64 bits per heavy atom. The molecule has 0 fully saturated rings. The number of hydrogen-bond donors (Lipinski definition) is 1. The monoisotopic (exact) mass is 465 g/mol. The highest BCUT2D eigenvalue weighted by atomic mass is 35.5. The molecule has 33 heavy (non-hydrogen) atoms. The molecule has 0 atom stereocenters. The van der Waals surface area contributed by atoms with Crippen LogP contribution in [0.15, 0.2) is 82.4 Å². The predicted molar refractivity (Wildman–Crippen MR) is 126 cm³/mol. The number of fused-ring (bicyclic) bond motifs is 1. The maximum Gasteiger partial charge on any atom is 0.331 e. The summed E-state index contributed by atoms with van der Waals surface area (Å²) in [7, 11) is 0. The van der Waals surface area contributed by atoms with Crippen LogP contribution < -0.4 is 16.6 Å². The van der Waals surface area contributed by atoms with Crippen LogP contribution in [0, 0.1) is 5.82 Å². The van der Waals surface area contributed by atoms with Gasteiger partial charge in [0.2, 0.25) is 5.91 Å². The molecule has 0 spiro atoms. The maximum absolute atomic E-state index is 13.3. The van der Waals surface area contributed by atoms with Gasteiger partial charge in [0.1, 0.15) is 12.4 Å². The van der Waals surface area contributed by atoms with E-state index in [0.29, 0.717) is 22.9 Å². The molecule has 168 valence electrons. The normalized spacial score (nSPS) is 11.0. The van der Waals surface area contributed by atoms with Crippen LogP contribution in [0.2, 0.25) is 5.02 Å². The smallest absolute Gasteiger partial charge is 0.331 e. The number of para-hydroxylation sites is 1. The standard InChI is InChI=1S/C25H21ClFN3O3/c26-20-14-18(10-11-21(20)27)15-28-23(31)16-30-22-9-5-4-8-19(22)24(32)29(25(30)33)13-12-17-6-2-1-3-7-17/h1-11,14H,12-13,15-16H2,(H,28,31). The minimum atomic E-state index is -0.547. The number of benzene rings is 3. The molecule has 6 nitrogen and oxygen atoms in total. The van der Waals surface area contributed by atoms with Crippen LogP contribution in [0.25, 0.3) is 10.9 Å². The van der Waals surface area contributed by atoms with E-state index in [9.17, 15) is 18.8 Å². The van der Waals surface area contributed by atoms with Crippen molar-refractivity contribution in [3.05, 3.63) is 116 Å². The summed E-state index contributed by atoms with van der Waals surface area (Å²) in [6.45, 7) is 0.0568. The third-order valence-electron chi connectivity index (χ3n) is 5.37. The van der Waals surface area contributed by atoms with Crippen molar-refractivity contribution in [1.82, 2.24) is 14.5 Å². The van der Waals surface area contributed by atoms with Gasteiger partial charge in [-0.3, -0.25) is 18.7 Å². The molecule has 1 amide bonds. The van der Waals surface area contributed by atoms with E-state index in [1.165, 1.54) is 27.3 Å². The first-order valence-electron chi connectivity index (χ1n) is 10.4. The Labute approximate surface area is 193 Å². The third-order valence-corrected chi connectivity index (χ3v) is 5.66. The summed E-state index contributed by atoms with van der Waals surface area (Å²) in [6, 6.07) is 20.5. The number of carbonyl (C=O) groups is 1. The summed E-state index contributed by atoms with van der Waals surface area (Å²) in [6.07, 6.45) is 0.506. The van der Waals surface area contributed by atoms with Crippen LogP contribution in [0.1, 0.15) is 11.1 Å². The molecule has 0 bridgehead atoms. The van der Waals surface area contributed by atoms with Crippen molar-refractivity contribution in [1.29, 1.82) is 0 Å². The van der Waals surface area contributed by atoms with Gasteiger partial charge in [-0.25, -0.2) is 9.18 Å². The van der Waals surface area contributed by atoms with Gasteiger partial charge in [-0.15, -0.1) is 0 Å². The molecule has 1 heterocycles. The lowest BCUT2D eigenvalue weighted by atomic mass is 10.1. The van der Waals surface area contributed by atoms with Crippen molar-refractivity contribution in [3.63, 3.8) is 0 Å². The van der Waals surface area contributed by atoms with Crippen molar-refractivity contribution in [2.24, 2.45) is 0 Å². The molecule has 0 aliphatic carbocycles. The van der Waals surface area contributed by atoms with Crippen molar-refractivity contribution < 1.29 is 9.18 Å². The summed E-state index contributed by atoms with van der Waals surface area (Å²) >= 11 is 5.79. The zero-order valence-electron chi connectivity index (χ0n) is 17.6. The molecular formula is C25H21ClFN3O3. The minimum absolute atomic E-state index is 0.0329. The van der Waals surface area contributed by atoms with E-state index < -0.39 is 17.4 Å². The summed E-state index contributed by atoms with van der Waals surface area (Å²) < 4.78 is 15.8. The van der Waals surface area contributed by atoms with Gasteiger partial charge >= 0.3 is 5.69 Å². The number of halogens is 2. The van der Waals surface area contributed by atoms with Gasteiger partial charge in [0, 0.05) is 13.1 Å². The molecule has 1 N–H and O–H groups in total. The number of carbonyl (C=O) groups excluding carboxylic acids is 1. The number of nitrogens with one attached hydrogen (secondary N) is 1. The fraction of sp³-hybridized carbons (Fsp3) is 0.160. The molecule has 0 aliphatic rings. The van der Waals surface area contributed by atoms with Gasteiger partial charge in [-0.2, -0.15) is 0 Å². The largest absolute Gasteiger partial charge is 0.350 e. The molecule has 1 aromatic heterocycles. The van der Waals surface area contributed by atoms with E-state index in [1.54, 1.807) is 24.3 Å². The second-order valence-electron chi connectivity index (χ2n) is 7.60. The van der Waals surface area contributed by atoms with Gasteiger partial charge in [0.05, 0.1) is 15.9 Å². The Morgan fingerprint density at radius 3 is 2.39 bits per heavy atom. The lowest BCUT2D eigenvalue weighted by Gasteiger charge is -2.14. The quantitative estimate of drug-likeness (QED) is 0.454. The highest BCUT2D eigenvalue weighted by Crippen LogP contribution is 2.16. The molecule has 0 saturated heterocycles. The summed E-state index contributed by atoms with van der Waals surface area (Å²) in [5.74, 6) is -0.960. The fourth-order valence-electron chi connectivity index (χ4n) is 3.66. The number of aryl methyl sites for hydroxylation is 1. The van der Waals surface area contributed by atoms with Crippen molar-refractivity contribution in [3.8, 4) is 0 Å². The van der Waals surface area contributed by atoms with E-state index in [1.807, 2.05) is 30.3 Å². The summed E-state index contributed by atoms with van der Waals surface area (Å²) in [4.78, 5) is 38.8. The lowest BCUT2D eigenvalue weighted by Crippen LogP contribution is -2.42. The highest BCUT2D eigenvalue weighted by molar-refractivity contribution is 6.30. The lowest BCUT2D eigenvalue weighted by molar-refractivity contribution is -0.121. The van der Waals surface area contributed by atoms with Crippen LogP contribution >= 0.6 is 11.6 Å². The molecule has 0 saturated carbocycles. The number of amides is 1. The fourth-order valence-corrected chi connectivity index (χ4v) is 3.86. The van der Waals surface area contributed by atoms with Gasteiger partial charge < -0.3 is 5.32 Å². The number of nitrogens with zero attached hydrogens (tertiary/aromatic N) is 2. The van der Waals surface area contributed by atoms with Crippen molar-refractivity contribution in [2.45, 2.75) is 26.1 Å². The van der Waals surface area contributed by atoms with Crippen LogP contribution in [-0.4, -0.2) is 15.0 Å². The van der Waals surface area contributed by atoms with Crippen LogP contribution in [-0.2, 0) is 30.8 Å². The predicted octanol–water partition coefficient (Wildman–Crippen LogP) is 3.51. The Kier molecular flexibility index (Phi) is 6.70. The second kappa shape index (κ2) is 9.83. The maximum atomic E-state index is 13.3. The van der Waals surface area contributed by atoms with E-state index >= 15 is 0 Å². The van der Waals surface area contributed by atoms with Gasteiger partial charge in [0.15, 0.2) is 0 Å². The van der Waals surface area contributed by atoms with Crippen LogP contribution in [0.5, 0.6) is 0 Å². The number of aromatic nitrogens is 2. The number of rotatable bonds is 7. The summed E-state index contributed by atoms with van der Waals surface area (Å²) in [5.41, 5.74) is 1.08. The molecule has 3 aromatic carbocycles. The van der Waals surface area contributed by atoms with E-state index in [4.69, 9.17) is 11.6 Å². The minimum Gasteiger partial charge on any atom is -0.350 e. The Balaban J connectivity index is 1.60. The first-order valence-corrected chi connectivity index (χ1v) is 10.8. The molecule has 0 unspecified atom stereocenters. The number of hydrogen-bond acceptors (Lipinski definition) is 3. The first kappa shape index (κ1) is 22.5. The van der Waals surface area contributed by atoms with Crippen LogP contribution in [0.3, 0.4) is 0 Å². The zero-order chi connectivity index (χ0) is 23.4. The average Bonchev–Trinajstić information content (AvgIpc) is 2.83. The molecule has 0 aliphatic heterocycles. The Morgan fingerprint density at radius 1 is 0.909 bits per heavy atom. The molecule has 4 aromatic rings. The summed E-state index contributed by atoms with van der Waals surface area (Å²) in [5, 5.41) is 3.04. The van der Waals surface area contributed by atoms with Gasteiger partial charge in [-0.05, 0) is 41.8 Å². The third kappa shape index (κ3) is 5.04. The molecule has 8 heteroatoms.